The summed E-state index contributed by atoms with van der Waals surface area (Å²) in [7, 11) is 0. The Labute approximate surface area is 151 Å². The lowest BCUT2D eigenvalue weighted by Crippen LogP contribution is -2.10. The zero-order chi connectivity index (χ0) is 17.5. The second kappa shape index (κ2) is 8.39. The molecule has 0 aliphatic carbocycles. The van der Waals surface area contributed by atoms with Crippen LogP contribution in [-0.4, -0.2) is 15.9 Å². The molecule has 0 saturated carbocycles. The summed E-state index contributed by atoms with van der Waals surface area (Å²) in [6, 6.07) is 11.5. The molecule has 0 saturated heterocycles. The lowest BCUT2D eigenvalue weighted by Gasteiger charge is -2.08. The summed E-state index contributed by atoms with van der Waals surface area (Å²) < 4.78 is 0. The third-order valence-electron chi connectivity index (χ3n) is 3.64. The molecular formula is C19H20N4OS. The molecule has 0 radical (unpaired) electrons. The monoisotopic (exact) mass is 352 g/mol. The fourth-order valence-corrected chi connectivity index (χ4v) is 3.09. The van der Waals surface area contributed by atoms with Crippen LogP contribution < -0.4 is 10.6 Å². The van der Waals surface area contributed by atoms with Gasteiger partial charge >= 0.3 is 0 Å². The molecule has 0 unspecified atom stereocenters. The molecule has 0 aliphatic heterocycles. The van der Waals surface area contributed by atoms with E-state index in [2.05, 4.69) is 27.5 Å². The Morgan fingerprint density at radius 1 is 1.16 bits per heavy atom. The van der Waals surface area contributed by atoms with Crippen molar-refractivity contribution in [3.63, 3.8) is 0 Å². The highest BCUT2D eigenvalue weighted by Gasteiger charge is 2.06. The lowest BCUT2D eigenvalue weighted by molar-refractivity contribution is -0.116. The van der Waals surface area contributed by atoms with E-state index in [1.54, 1.807) is 23.7 Å². The van der Waals surface area contributed by atoms with Crippen LogP contribution in [0.15, 0.2) is 54.2 Å². The van der Waals surface area contributed by atoms with E-state index in [0.717, 1.165) is 40.6 Å². The first-order valence-corrected chi connectivity index (χ1v) is 9.15. The molecule has 0 bridgehead atoms. The standard InChI is InChI=1S/C19H20N4OS/c1-2-3-7-18(24)21-15-5-4-6-16(12-15)22-19-23-17(13-25-19)14-8-10-20-11-9-14/h4-6,8-13H,2-3,7H2,1H3,(H,21,24)(H,22,23). The minimum absolute atomic E-state index is 0.0493. The van der Waals surface area contributed by atoms with E-state index in [1.807, 2.05) is 41.8 Å². The first-order chi connectivity index (χ1) is 12.2. The van der Waals surface area contributed by atoms with E-state index in [1.165, 1.54) is 0 Å². The van der Waals surface area contributed by atoms with Crippen molar-refractivity contribution in [2.75, 3.05) is 10.6 Å². The molecule has 5 nitrogen and oxygen atoms in total. The van der Waals surface area contributed by atoms with Crippen molar-refractivity contribution < 1.29 is 4.79 Å². The topological polar surface area (TPSA) is 66.9 Å². The number of thiazole rings is 1. The van der Waals surface area contributed by atoms with Gasteiger partial charge in [0.15, 0.2) is 5.13 Å². The number of aromatic nitrogens is 2. The highest BCUT2D eigenvalue weighted by molar-refractivity contribution is 7.14. The maximum Gasteiger partial charge on any atom is 0.224 e. The number of amides is 1. The van der Waals surface area contributed by atoms with E-state index in [0.29, 0.717) is 6.42 Å². The zero-order valence-corrected chi connectivity index (χ0v) is 14.8. The Hall–Kier alpha value is -2.73. The fraction of sp³-hybridized carbons (Fsp3) is 0.211. The summed E-state index contributed by atoms with van der Waals surface area (Å²) in [5, 5.41) is 9.04. The Kier molecular flexibility index (Phi) is 5.74. The number of nitrogens with one attached hydrogen (secondary N) is 2. The number of nitrogens with zero attached hydrogens (tertiary/aromatic N) is 2. The Balaban J connectivity index is 1.66. The van der Waals surface area contributed by atoms with Crippen LogP contribution in [0.25, 0.3) is 11.3 Å². The summed E-state index contributed by atoms with van der Waals surface area (Å²) in [5.74, 6) is 0.0493. The molecule has 2 heterocycles. The minimum atomic E-state index is 0.0493. The van der Waals surface area contributed by atoms with Crippen LogP contribution in [0.3, 0.4) is 0 Å². The van der Waals surface area contributed by atoms with E-state index in [9.17, 15) is 4.79 Å². The lowest BCUT2D eigenvalue weighted by atomic mass is 10.2. The smallest absolute Gasteiger partial charge is 0.224 e. The average molecular weight is 352 g/mol. The van der Waals surface area contributed by atoms with Gasteiger partial charge in [-0.05, 0) is 36.8 Å². The van der Waals surface area contributed by atoms with Crippen molar-refractivity contribution in [1.82, 2.24) is 9.97 Å². The summed E-state index contributed by atoms with van der Waals surface area (Å²) in [6.45, 7) is 2.08. The largest absolute Gasteiger partial charge is 0.331 e. The summed E-state index contributed by atoms with van der Waals surface area (Å²) in [6.07, 6.45) is 5.98. The van der Waals surface area contributed by atoms with Crippen LogP contribution >= 0.6 is 11.3 Å². The zero-order valence-electron chi connectivity index (χ0n) is 14.0. The van der Waals surface area contributed by atoms with Gasteiger partial charge in [0.2, 0.25) is 5.91 Å². The van der Waals surface area contributed by atoms with Crippen molar-refractivity contribution in [2.45, 2.75) is 26.2 Å². The van der Waals surface area contributed by atoms with Crippen molar-refractivity contribution in [3.05, 3.63) is 54.2 Å². The predicted octanol–water partition coefficient (Wildman–Crippen LogP) is 5.08. The molecule has 128 valence electrons. The van der Waals surface area contributed by atoms with Crippen LogP contribution in [0, 0.1) is 0 Å². The van der Waals surface area contributed by atoms with E-state index in [-0.39, 0.29) is 5.91 Å². The summed E-state index contributed by atoms with van der Waals surface area (Å²) >= 11 is 1.54. The van der Waals surface area contributed by atoms with E-state index >= 15 is 0 Å². The van der Waals surface area contributed by atoms with Gasteiger partial charge in [-0.2, -0.15) is 0 Å². The molecule has 0 spiro atoms. The normalized spacial score (nSPS) is 10.4. The van der Waals surface area contributed by atoms with Gasteiger partial charge in [-0.1, -0.05) is 19.4 Å². The number of hydrogen-bond acceptors (Lipinski definition) is 5. The molecule has 3 aromatic rings. The van der Waals surface area contributed by atoms with Crippen molar-refractivity contribution in [3.8, 4) is 11.3 Å². The molecule has 6 heteroatoms. The molecular weight excluding hydrogens is 332 g/mol. The van der Waals surface area contributed by atoms with Gasteiger partial charge in [0.25, 0.3) is 0 Å². The number of carbonyl (C=O) groups excluding carboxylic acids is 1. The summed E-state index contributed by atoms with van der Waals surface area (Å²) in [4.78, 5) is 20.5. The molecule has 2 N–H and O–H groups in total. The van der Waals surface area contributed by atoms with Crippen LogP contribution in [0.5, 0.6) is 0 Å². The molecule has 0 aliphatic rings. The van der Waals surface area contributed by atoms with Crippen molar-refractivity contribution in [1.29, 1.82) is 0 Å². The number of unbranched alkanes of at least 4 members (excludes halogenated alkanes) is 1. The number of pyridine rings is 1. The third-order valence-corrected chi connectivity index (χ3v) is 4.39. The van der Waals surface area contributed by atoms with Crippen LogP contribution in [-0.2, 0) is 4.79 Å². The second-order valence-electron chi connectivity index (χ2n) is 5.63. The van der Waals surface area contributed by atoms with Gasteiger partial charge in [0.05, 0.1) is 5.69 Å². The van der Waals surface area contributed by atoms with Gasteiger partial charge in [0.1, 0.15) is 0 Å². The maximum atomic E-state index is 11.9. The van der Waals surface area contributed by atoms with Gasteiger partial charge < -0.3 is 10.6 Å². The van der Waals surface area contributed by atoms with Gasteiger partial charge in [-0.25, -0.2) is 4.98 Å². The molecule has 1 amide bonds. The second-order valence-corrected chi connectivity index (χ2v) is 6.49. The van der Waals surface area contributed by atoms with E-state index in [4.69, 9.17) is 0 Å². The summed E-state index contributed by atoms with van der Waals surface area (Å²) in [5.41, 5.74) is 3.64. The van der Waals surface area contributed by atoms with E-state index < -0.39 is 0 Å². The Bertz CT molecular complexity index is 832. The minimum Gasteiger partial charge on any atom is -0.331 e. The maximum absolute atomic E-state index is 11.9. The molecule has 25 heavy (non-hydrogen) atoms. The Morgan fingerprint density at radius 3 is 2.76 bits per heavy atom. The first-order valence-electron chi connectivity index (χ1n) is 8.27. The highest BCUT2D eigenvalue weighted by Crippen LogP contribution is 2.27. The quantitative estimate of drug-likeness (QED) is 0.622. The fourth-order valence-electron chi connectivity index (χ4n) is 2.35. The number of anilines is 3. The number of hydrogen-bond donors (Lipinski definition) is 2. The molecule has 0 atom stereocenters. The average Bonchev–Trinajstić information content (AvgIpc) is 3.09. The first kappa shape index (κ1) is 17.1. The van der Waals surface area contributed by atoms with Crippen molar-refractivity contribution >= 4 is 33.8 Å². The predicted molar refractivity (Wildman–Crippen MR) is 103 cm³/mol. The third kappa shape index (κ3) is 4.87. The number of rotatable bonds is 7. The molecule has 1 aromatic carbocycles. The molecule has 0 fully saturated rings. The SMILES string of the molecule is CCCCC(=O)Nc1cccc(Nc2nc(-c3ccncc3)cs2)c1. The van der Waals surface area contributed by atoms with Crippen LogP contribution in [0.1, 0.15) is 26.2 Å². The number of benzene rings is 1. The Morgan fingerprint density at radius 2 is 1.96 bits per heavy atom. The number of carbonyl (C=O) groups is 1. The van der Waals surface area contributed by atoms with Gasteiger partial charge in [0, 0.05) is 41.1 Å². The van der Waals surface area contributed by atoms with Crippen LogP contribution in [0.2, 0.25) is 0 Å². The highest BCUT2D eigenvalue weighted by atomic mass is 32.1. The van der Waals surface area contributed by atoms with Gasteiger partial charge in [-0.3, -0.25) is 9.78 Å². The molecule has 3 rings (SSSR count). The molecule has 2 aromatic heterocycles. The van der Waals surface area contributed by atoms with Crippen LogP contribution in [0.4, 0.5) is 16.5 Å². The van der Waals surface area contributed by atoms with Gasteiger partial charge in [-0.15, -0.1) is 11.3 Å². The van der Waals surface area contributed by atoms with Crippen molar-refractivity contribution in [2.24, 2.45) is 0 Å².